The first-order valence-corrected chi connectivity index (χ1v) is 9.50. The predicted molar refractivity (Wildman–Crippen MR) is 108 cm³/mol. The molecule has 2 heterocycles. The van der Waals surface area contributed by atoms with Crippen LogP contribution in [-0.2, 0) is 0 Å². The third-order valence-electron chi connectivity index (χ3n) is 5.05. The number of carbonyl (C=O) groups excluding carboxylic acids is 1. The van der Waals surface area contributed by atoms with E-state index in [1.807, 2.05) is 6.07 Å². The molecule has 1 aliphatic heterocycles. The molecular formula is C22H20FN5O. The maximum Gasteiger partial charge on any atom is 0.251 e. The molecule has 2 aromatic carbocycles. The highest BCUT2D eigenvalue weighted by atomic mass is 19.1. The fraction of sp³-hybridized carbons (Fsp3) is 0.227. The summed E-state index contributed by atoms with van der Waals surface area (Å²) in [6, 6.07) is 16.9. The molecule has 6 nitrogen and oxygen atoms in total. The Morgan fingerprint density at radius 1 is 1.24 bits per heavy atom. The average molecular weight is 389 g/mol. The molecule has 7 heteroatoms. The summed E-state index contributed by atoms with van der Waals surface area (Å²) in [5, 5.41) is 19.5. The zero-order chi connectivity index (χ0) is 20.2. The second kappa shape index (κ2) is 8.15. The standard InChI is InChI=1S/C22H20FN5O/c23-18-8-6-16(7-9-18)20-12-21(27-26-20)28-10-2-5-19(14-28)25-22(29)17-4-1-3-15(11-17)13-24/h1,3-4,6-9,11-12,19H,2,5,10,14H2,(H,25,29)(H,26,27). The van der Waals surface area contributed by atoms with Gasteiger partial charge in [0, 0.05) is 30.8 Å². The quantitative estimate of drug-likeness (QED) is 0.715. The van der Waals surface area contributed by atoms with Gasteiger partial charge in [-0.25, -0.2) is 4.39 Å². The number of nitrogens with zero attached hydrogens (tertiary/aromatic N) is 3. The first-order chi connectivity index (χ1) is 14.1. The number of H-pyrrole nitrogens is 1. The lowest BCUT2D eigenvalue weighted by molar-refractivity contribution is 0.0933. The van der Waals surface area contributed by atoms with Crippen molar-refractivity contribution in [3.05, 3.63) is 71.5 Å². The van der Waals surface area contributed by atoms with Crippen LogP contribution in [0.5, 0.6) is 0 Å². The molecule has 1 fully saturated rings. The van der Waals surface area contributed by atoms with Crippen LogP contribution >= 0.6 is 0 Å². The van der Waals surface area contributed by atoms with Gasteiger partial charge in [0.1, 0.15) is 5.82 Å². The Labute approximate surface area is 168 Å². The first-order valence-electron chi connectivity index (χ1n) is 9.50. The van der Waals surface area contributed by atoms with Gasteiger partial charge in [0.15, 0.2) is 5.82 Å². The summed E-state index contributed by atoms with van der Waals surface area (Å²) in [5.74, 6) is 0.348. The number of aromatic nitrogens is 2. The number of rotatable bonds is 4. The van der Waals surface area contributed by atoms with Gasteiger partial charge in [0.2, 0.25) is 0 Å². The van der Waals surface area contributed by atoms with Gasteiger partial charge in [-0.2, -0.15) is 10.4 Å². The number of hydrogen-bond acceptors (Lipinski definition) is 4. The number of benzene rings is 2. The van der Waals surface area contributed by atoms with Gasteiger partial charge in [0.25, 0.3) is 5.91 Å². The Morgan fingerprint density at radius 2 is 2.07 bits per heavy atom. The van der Waals surface area contributed by atoms with Crippen LogP contribution in [0.3, 0.4) is 0 Å². The van der Waals surface area contributed by atoms with Crippen LogP contribution in [0.25, 0.3) is 11.3 Å². The Bertz CT molecular complexity index is 1050. The number of aromatic amines is 1. The first kappa shape index (κ1) is 18.7. The van der Waals surface area contributed by atoms with E-state index >= 15 is 0 Å². The predicted octanol–water partition coefficient (Wildman–Crippen LogP) is 3.49. The van der Waals surface area contributed by atoms with Crippen LogP contribution in [0.15, 0.2) is 54.6 Å². The molecular weight excluding hydrogens is 369 g/mol. The molecule has 29 heavy (non-hydrogen) atoms. The van der Waals surface area contributed by atoms with Crippen molar-refractivity contribution in [2.45, 2.75) is 18.9 Å². The molecule has 1 aliphatic rings. The second-order valence-electron chi connectivity index (χ2n) is 7.10. The molecule has 1 aromatic heterocycles. The van der Waals surface area contributed by atoms with Crippen LogP contribution in [0.1, 0.15) is 28.8 Å². The van der Waals surface area contributed by atoms with Crippen LogP contribution in [0.4, 0.5) is 10.2 Å². The van der Waals surface area contributed by atoms with E-state index in [9.17, 15) is 9.18 Å². The molecule has 2 N–H and O–H groups in total. The lowest BCUT2D eigenvalue weighted by atomic mass is 10.0. The molecule has 0 bridgehead atoms. The summed E-state index contributed by atoms with van der Waals surface area (Å²) >= 11 is 0. The average Bonchev–Trinajstić information content (AvgIpc) is 3.25. The van der Waals surface area contributed by atoms with Gasteiger partial charge < -0.3 is 10.2 Å². The number of piperidine rings is 1. The Balaban J connectivity index is 1.42. The molecule has 1 saturated heterocycles. The number of amides is 1. The van der Waals surface area contributed by atoms with Gasteiger partial charge in [-0.3, -0.25) is 9.89 Å². The normalized spacial score (nSPS) is 16.3. The van der Waals surface area contributed by atoms with Crippen LogP contribution in [-0.4, -0.2) is 35.2 Å². The van der Waals surface area contributed by atoms with E-state index in [0.29, 0.717) is 17.7 Å². The Kier molecular flexibility index (Phi) is 5.25. The minimum absolute atomic E-state index is 0.00652. The molecule has 1 amide bonds. The largest absolute Gasteiger partial charge is 0.353 e. The summed E-state index contributed by atoms with van der Waals surface area (Å²) in [4.78, 5) is 14.7. The second-order valence-corrected chi connectivity index (χ2v) is 7.10. The minimum atomic E-state index is -0.275. The third kappa shape index (κ3) is 4.27. The van der Waals surface area contributed by atoms with Crippen molar-refractivity contribution in [1.82, 2.24) is 15.5 Å². The Hall–Kier alpha value is -3.66. The van der Waals surface area contributed by atoms with Crippen molar-refractivity contribution in [2.24, 2.45) is 0 Å². The van der Waals surface area contributed by atoms with E-state index in [0.717, 1.165) is 36.5 Å². The highest BCUT2D eigenvalue weighted by molar-refractivity contribution is 5.94. The molecule has 3 aromatic rings. The van der Waals surface area contributed by atoms with Crippen LogP contribution in [0.2, 0.25) is 0 Å². The fourth-order valence-corrected chi connectivity index (χ4v) is 3.55. The molecule has 0 radical (unpaired) electrons. The van der Waals surface area contributed by atoms with Crippen LogP contribution < -0.4 is 10.2 Å². The zero-order valence-electron chi connectivity index (χ0n) is 15.7. The van der Waals surface area contributed by atoms with Gasteiger partial charge in [-0.15, -0.1) is 0 Å². The molecule has 146 valence electrons. The van der Waals surface area contributed by atoms with Gasteiger partial charge >= 0.3 is 0 Å². The number of anilines is 1. The highest BCUT2D eigenvalue weighted by Crippen LogP contribution is 2.24. The zero-order valence-corrected chi connectivity index (χ0v) is 15.7. The molecule has 0 spiro atoms. The number of nitrogens with one attached hydrogen (secondary N) is 2. The van der Waals surface area contributed by atoms with E-state index in [1.54, 1.807) is 36.4 Å². The molecule has 1 unspecified atom stereocenters. The molecule has 1 atom stereocenters. The van der Waals surface area contributed by atoms with Crippen molar-refractivity contribution in [3.8, 4) is 17.3 Å². The summed E-state index contributed by atoms with van der Waals surface area (Å²) in [6.07, 6.45) is 1.82. The third-order valence-corrected chi connectivity index (χ3v) is 5.05. The van der Waals surface area contributed by atoms with Crippen molar-refractivity contribution in [2.75, 3.05) is 18.0 Å². The summed E-state index contributed by atoms with van der Waals surface area (Å²) in [5.41, 5.74) is 2.64. The number of nitriles is 1. The number of hydrogen-bond donors (Lipinski definition) is 2. The van der Waals surface area contributed by atoms with Crippen molar-refractivity contribution in [3.63, 3.8) is 0 Å². The lowest BCUT2D eigenvalue weighted by Crippen LogP contribution is -2.48. The van der Waals surface area contributed by atoms with Crippen molar-refractivity contribution in [1.29, 1.82) is 5.26 Å². The van der Waals surface area contributed by atoms with Gasteiger partial charge in [-0.1, -0.05) is 6.07 Å². The smallest absolute Gasteiger partial charge is 0.251 e. The highest BCUT2D eigenvalue weighted by Gasteiger charge is 2.23. The molecule has 0 saturated carbocycles. The van der Waals surface area contributed by atoms with Crippen molar-refractivity contribution < 1.29 is 9.18 Å². The van der Waals surface area contributed by atoms with Gasteiger partial charge in [-0.05, 0) is 60.9 Å². The number of halogens is 1. The lowest BCUT2D eigenvalue weighted by Gasteiger charge is -2.33. The van der Waals surface area contributed by atoms with E-state index in [1.165, 1.54) is 12.1 Å². The molecule has 4 rings (SSSR count). The van der Waals surface area contributed by atoms with E-state index in [4.69, 9.17) is 5.26 Å². The van der Waals surface area contributed by atoms with Gasteiger partial charge in [0.05, 0.1) is 17.3 Å². The summed E-state index contributed by atoms with van der Waals surface area (Å²) < 4.78 is 13.1. The van der Waals surface area contributed by atoms with E-state index in [2.05, 4.69) is 26.5 Å². The molecule has 0 aliphatic carbocycles. The van der Waals surface area contributed by atoms with E-state index < -0.39 is 0 Å². The monoisotopic (exact) mass is 389 g/mol. The maximum atomic E-state index is 13.1. The topological polar surface area (TPSA) is 84.8 Å². The summed E-state index contributed by atoms with van der Waals surface area (Å²) in [6.45, 7) is 1.50. The SMILES string of the molecule is N#Cc1cccc(C(=O)NC2CCCN(c3cc(-c4ccc(F)cc4)[nH]n3)C2)c1. The maximum absolute atomic E-state index is 13.1. The summed E-state index contributed by atoms with van der Waals surface area (Å²) in [7, 11) is 0. The number of carbonyl (C=O) groups is 1. The van der Waals surface area contributed by atoms with Crippen LogP contribution in [0, 0.1) is 17.1 Å². The Morgan fingerprint density at radius 3 is 2.86 bits per heavy atom. The van der Waals surface area contributed by atoms with E-state index in [-0.39, 0.29) is 17.8 Å². The minimum Gasteiger partial charge on any atom is -0.353 e. The fourth-order valence-electron chi connectivity index (χ4n) is 3.55. The van der Waals surface area contributed by atoms with Crippen molar-refractivity contribution >= 4 is 11.7 Å².